The molecule has 2 aromatic carbocycles. The van der Waals surface area contributed by atoms with Crippen LogP contribution in [0.25, 0.3) is 22.2 Å². The lowest BCUT2D eigenvalue weighted by Crippen LogP contribution is -2.44. The number of hydrogen-bond acceptors (Lipinski definition) is 7. The smallest absolute Gasteiger partial charge is 0.254 e. The monoisotopic (exact) mass is 443 g/mol. The van der Waals surface area contributed by atoms with Crippen LogP contribution in [0, 0.1) is 0 Å². The Morgan fingerprint density at radius 2 is 1.94 bits per heavy atom. The molecule has 5 rings (SSSR count). The summed E-state index contributed by atoms with van der Waals surface area (Å²) >= 11 is 0. The van der Waals surface area contributed by atoms with E-state index < -0.39 is 0 Å². The molecule has 0 spiro atoms. The summed E-state index contributed by atoms with van der Waals surface area (Å²) in [6.07, 6.45) is 1.61. The summed E-state index contributed by atoms with van der Waals surface area (Å²) in [5.41, 5.74) is 2.26. The Balaban J connectivity index is 1.32. The van der Waals surface area contributed by atoms with Gasteiger partial charge in [0, 0.05) is 37.8 Å². The quantitative estimate of drug-likeness (QED) is 0.460. The Labute approximate surface area is 191 Å². The molecule has 1 unspecified atom stereocenters. The van der Waals surface area contributed by atoms with Crippen molar-refractivity contribution >= 4 is 22.6 Å². The van der Waals surface area contributed by atoms with Gasteiger partial charge in [-0.15, -0.1) is 10.2 Å². The molecule has 168 valence electrons. The van der Waals surface area contributed by atoms with E-state index in [-0.39, 0.29) is 12.0 Å². The van der Waals surface area contributed by atoms with E-state index in [0.29, 0.717) is 30.3 Å². The minimum absolute atomic E-state index is 0.0283. The number of likely N-dealkylation sites (tertiary alicyclic amines) is 1. The number of amides is 1. The maximum Gasteiger partial charge on any atom is 0.254 e. The Morgan fingerprint density at radius 1 is 1.09 bits per heavy atom. The van der Waals surface area contributed by atoms with Crippen molar-refractivity contribution in [2.24, 2.45) is 0 Å². The van der Waals surface area contributed by atoms with Crippen LogP contribution in [0.3, 0.4) is 0 Å². The molecule has 1 aliphatic heterocycles. The van der Waals surface area contributed by atoms with Crippen LogP contribution in [0.5, 0.6) is 5.88 Å². The Morgan fingerprint density at radius 3 is 2.70 bits per heavy atom. The number of nitrogens with zero attached hydrogens (tertiary/aromatic N) is 5. The Bertz CT molecular complexity index is 1250. The van der Waals surface area contributed by atoms with Crippen LogP contribution in [0.4, 0.5) is 5.82 Å². The van der Waals surface area contributed by atoms with Crippen molar-refractivity contribution in [3.05, 3.63) is 66.2 Å². The number of fused-ring (bicyclic) bond motifs is 1. The molecule has 0 aliphatic carbocycles. The van der Waals surface area contributed by atoms with Gasteiger partial charge in [0.05, 0.1) is 11.9 Å². The van der Waals surface area contributed by atoms with Crippen molar-refractivity contribution in [2.45, 2.75) is 18.9 Å². The zero-order chi connectivity index (χ0) is 22.8. The Hall–Kier alpha value is -3.94. The van der Waals surface area contributed by atoms with Crippen molar-refractivity contribution in [1.82, 2.24) is 20.3 Å². The van der Waals surface area contributed by atoms with Gasteiger partial charge in [0.1, 0.15) is 11.6 Å². The third kappa shape index (κ3) is 4.37. The molecule has 0 radical (unpaired) electrons. The van der Waals surface area contributed by atoms with Crippen LogP contribution >= 0.6 is 0 Å². The minimum Gasteiger partial charge on any atom is -0.471 e. The maximum absolute atomic E-state index is 13.3. The van der Waals surface area contributed by atoms with Gasteiger partial charge in [-0.05, 0) is 37.1 Å². The molecule has 8 nitrogen and oxygen atoms in total. The minimum atomic E-state index is -0.124. The molecule has 1 atom stereocenters. The van der Waals surface area contributed by atoms with Gasteiger partial charge in [0.25, 0.3) is 5.91 Å². The molecule has 0 saturated carbocycles. The number of aromatic nitrogens is 3. The number of rotatable bonds is 5. The van der Waals surface area contributed by atoms with Crippen LogP contribution < -0.4 is 9.64 Å². The number of piperidine rings is 1. The molecule has 0 bridgehead atoms. The Kier molecular flexibility index (Phi) is 5.64. The van der Waals surface area contributed by atoms with Crippen molar-refractivity contribution < 1.29 is 14.1 Å². The molecule has 1 amide bonds. The van der Waals surface area contributed by atoms with Crippen molar-refractivity contribution in [3.8, 4) is 17.2 Å². The van der Waals surface area contributed by atoms with Crippen LogP contribution in [-0.2, 0) is 0 Å². The lowest BCUT2D eigenvalue weighted by atomic mass is 10.0. The van der Waals surface area contributed by atoms with Gasteiger partial charge in [0.2, 0.25) is 5.88 Å². The van der Waals surface area contributed by atoms with Crippen LogP contribution in [0.1, 0.15) is 23.2 Å². The highest BCUT2D eigenvalue weighted by atomic mass is 16.5. The number of carbonyl (C=O) groups excluding carboxylic acids is 1. The van der Waals surface area contributed by atoms with E-state index in [2.05, 4.69) is 15.4 Å². The highest BCUT2D eigenvalue weighted by Gasteiger charge is 2.27. The zero-order valence-electron chi connectivity index (χ0n) is 18.6. The molecular formula is C25H25N5O3. The number of anilines is 1. The third-order valence-electron chi connectivity index (χ3n) is 5.80. The third-order valence-corrected chi connectivity index (χ3v) is 5.80. The molecular weight excluding hydrogens is 418 g/mol. The lowest BCUT2D eigenvalue weighted by molar-refractivity contribution is 0.0526. The lowest BCUT2D eigenvalue weighted by Gasteiger charge is -2.32. The fourth-order valence-corrected chi connectivity index (χ4v) is 4.06. The average Bonchev–Trinajstić information content (AvgIpc) is 3.28. The fourth-order valence-electron chi connectivity index (χ4n) is 4.06. The largest absolute Gasteiger partial charge is 0.471 e. The second-order valence-electron chi connectivity index (χ2n) is 8.37. The van der Waals surface area contributed by atoms with Crippen LogP contribution in [0.2, 0.25) is 0 Å². The number of ether oxygens (including phenoxy) is 1. The van der Waals surface area contributed by atoms with Gasteiger partial charge in [-0.1, -0.05) is 35.5 Å². The molecule has 1 saturated heterocycles. The molecule has 1 fully saturated rings. The highest BCUT2D eigenvalue weighted by molar-refractivity contribution is 6.01. The molecule has 0 N–H and O–H groups in total. The van der Waals surface area contributed by atoms with Crippen LogP contribution in [0.15, 0.2) is 65.2 Å². The SMILES string of the molecule is CN(C)c1ccc(OC2CCCN(C(=O)c3ccc4noc(-c5ccccc5)c4c3)C2)nn1. The summed E-state index contributed by atoms with van der Waals surface area (Å²) < 4.78 is 11.6. The van der Waals surface area contributed by atoms with Gasteiger partial charge in [-0.25, -0.2) is 0 Å². The topological polar surface area (TPSA) is 84.6 Å². The summed E-state index contributed by atoms with van der Waals surface area (Å²) in [6.45, 7) is 1.19. The number of benzene rings is 2. The fraction of sp³-hybridized carbons (Fsp3) is 0.280. The maximum atomic E-state index is 13.3. The first-order valence-electron chi connectivity index (χ1n) is 11.0. The van der Waals surface area contributed by atoms with E-state index in [4.69, 9.17) is 9.26 Å². The normalized spacial score (nSPS) is 16.1. The van der Waals surface area contributed by atoms with Crippen molar-refractivity contribution in [3.63, 3.8) is 0 Å². The number of carbonyl (C=O) groups is 1. The first-order chi connectivity index (χ1) is 16.1. The van der Waals surface area contributed by atoms with E-state index in [1.165, 1.54) is 0 Å². The van der Waals surface area contributed by atoms with Crippen LogP contribution in [-0.4, -0.2) is 59.4 Å². The molecule has 2 aromatic heterocycles. The zero-order valence-corrected chi connectivity index (χ0v) is 18.6. The van der Waals surface area contributed by atoms with Crippen molar-refractivity contribution in [1.29, 1.82) is 0 Å². The molecule has 33 heavy (non-hydrogen) atoms. The standard InChI is InChI=1S/C25H25N5O3/c1-29(2)22-12-13-23(27-26-22)32-19-9-6-14-30(16-19)25(31)18-10-11-21-20(15-18)24(33-28-21)17-7-4-3-5-8-17/h3-5,7-8,10-13,15,19H,6,9,14,16H2,1-2H3. The summed E-state index contributed by atoms with van der Waals surface area (Å²) in [5, 5.41) is 13.3. The molecule has 4 aromatic rings. The van der Waals surface area contributed by atoms with Gasteiger partial charge in [-0.2, -0.15) is 0 Å². The second kappa shape index (κ2) is 8.90. The summed E-state index contributed by atoms with van der Waals surface area (Å²) in [6, 6.07) is 19.0. The molecule has 3 heterocycles. The molecule has 1 aliphatic rings. The van der Waals surface area contributed by atoms with Gasteiger partial charge in [0.15, 0.2) is 11.6 Å². The average molecular weight is 444 g/mol. The highest BCUT2D eigenvalue weighted by Crippen LogP contribution is 2.30. The number of hydrogen-bond donors (Lipinski definition) is 0. The van der Waals surface area contributed by atoms with Gasteiger partial charge < -0.3 is 19.1 Å². The summed E-state index contributed by atoms with van der Waals surface area (Å²) in [4.78, 5) is 17.0. The molecule has 8 heteroatoms. The predicted molar refractivity (Wildman–Crippen MR) is 125 cm³/mol. The van der Waals surface area contributed by atoms with Crippen molar-refractivity contribution in [2.75, 3.05) is 32.1 Å². The first-order valence-corrected chi connectivity index (χ1v) is 11.0. The van der Waals surface area contributed by atoms with E-state index >= 15 is 0 Å². The van der Waals surface area contributed by atoms with Gasteiger partial charge in [-0.3, -0.25) is 4.79 Å². The summed E-state index contributed by atoms with van der Waals surface area (Å²) in [7, 11) is 3.82. The van der Waals surface area contributed by atoms with E-state index in [0.717, 1.165) is 35.1 Å². The van der Waals surface area contributed by atoms with E-state index in [1.807, 2.05) is 78.5 Å². The van der Waals surface area contributed by atoms with Gasteiger partial charge >= 0.3 is 0 Å². The van der Waals surface area contributed by atoms with E-state index in [1.54, 1.807) is 6.07 Å². The van der Waals surface area contributed by atoms with E-state index in [9.17, 15) is 4.79 Å². The first kappa shape index (κ1) is 20.9. The predicted octanol–water partition coefficient (Wildman–Crippen LogP) is 4.03. The summed E-state index contributed by atoms with van der Waals surface area (Å²) in [5.74, 6) is 1.87. The second-order valence-corrected chi connectivity index (χ2v) is 8.37.